The molecule has 0 fully saturated rings. The zero-order chi connectivity index (χ0) is 15.9. The third-order valence-corrected chi connectivity index (χ3v) is 2.94. The molecule has 0 amide bonds. The number of hydrogen-bond acceptors (Lipinski definition) is 6. The maximum atomic E-state index is 12.9. The van der Waals surface area contributed by atoms with Crippen molar-refractivity contribution in [2.45, 2.75) is 11.1 Å². The Labute approximate surface area is 107 Å². The first kappa shape index (κ1) is 15.7. The second-order valence-electron chi connectivity index (χ2n) is 3.26. The minimum absolute atomic E-state index is 0.0790. The summed E-state index contributed by atoms with van der Waals surface area (Å²) < 4.78 is 72.4. The van der Waals surface area contributed by atoms with Crippen molar-refractivity contribution in [3.63, 3.8) is 0 Å². The van der Waals surface area contributed by atoms with Gasteiger partial charge in [-0.2, -0.15) is 21.6 Å². The molecular weight excluding hydrogens is 316 g/mol. The van der Waals surface area contributed by atoms with E-state index < -0.39 is 48.1 Å². The van der Waals surface area contributed by atoms with Crippen molar-refractivity contribution < 1.29 is 35.3 Å². The van der Waals surface area contributed by atoms with E-state index in [1.165, 1.54) is 0 Å². The van der Waals surface area contributed by atoms with E-state index >= 15 is 0 Å². The molecule has 8 nitrogen and oxygen atoms in total. The standard InChI is InChI=1S/C7H2F4N2O6S/c8-7(9,10)5-3(12(14)15)1-2-4(13(16)17)6(5)20(11,18)19/h1-2H. The Hall–Kier alpha value is -2.31. The molecule has 0 heterocycles. The highest BCUT2D eigenvalue weighted by molar-refractivity contribution is 7.86. The molecule has 0 saturated carbocycles. The highest BCUT2D eigenvalue weighted by atomic mass is 32.3. The molecule has 20 heavy (non-hydrogen) atoms. The van der Waals surface area contributed by atoms with Gasteiger partial charge in [-0.15, -0.1) is 3.89 Å². The lowest BCUT2D eigenvalue weighted by Crippen LogP contribution is -2.16. The molecule has 1 rings (SSSR count). The molecule has 0 atom stereocenters. The van der Waals surface area contributed by atoms with Crippen molar-refractivity contribution in [1.29, 1.82) is 0 Å². The van der Waals surface area contributed by atoms with Crippen LogP contribution >= 0.6 is 0 Å². The van der Waals surface area contributed by atoms with E-state index in [1.54, 1.807) is 0 Å². The molecule has 0 N–H and O–H groups in total. The van der Waals surface area contributed by atoms with Gasteiger partial charge in [0.25, 0.3) is 11.4 Å². The van der Waals surface area contributed by atoms with Gasteiger partial charge in [0.2, 0.25) is 0 Å². The second-order valence-corrected chi connectivity index (χ2v) is 4.54. The van der Waals surface area contributed by atoms with Gasteiger partial charge in [-0.1, -0.05) is 0 Å². The van der Waals surface area contributed by atoms with Gasteiger partial charge in [0.05, 0.1) is 9.85 Å². The predicted molar refractivity (Wildman–Crippen MR) is 53.0 cm³/mol. The molecule has 0 aliphatic rings. The fourth-order valence-electron chi connectivity index (χ4n) is 1.38. The third-order valence-electron chi connectivity index (χ3n) is 2.04. The lowest BCUT2D eigenvalue weighted by atomic mass is 10.1. The first-order valence-electron chi connectivity index (χ1n) is 4.35. The molecule has 0 spiro atoms. The number of alkyl halides is 3. The summed E-state index contributed by atoms with van der Waals surface area (Å²) in [6, 6.07) is 0.190. The van der Waals surface area contributed by atoms with Gasteiger partial charge in [-0.05, 0) is 0 Å². The van der Waals surface area contributed by atoms with Crippen molar-refractivity contribution in [2.24, 2.45) is 0 Å². The van der Waals surface area contributed by atoms with Crippen LogP contribution in [-0.2, 0) is 16.4 Å². The molecule has 110 valence electrons. The largest absolute Gasteiger partial charge is 0.424 e. The van der Waals surface area contributed by atoms with E-state index in [0.29, 0.717) is 0 Å². The van der Waals surface area contributed by atoms with Gasteiger partial charge in [-0.25, -0.2) is 0 Å². The van der Waals surface area contributed by atoms with E-state index in [1.807, 2.05) is 0 Å². The monoisotopic (exact) mass is 318 g/mol. The molecule has 0 aliphatic carbocycles. The molecular formula is C7H2F4N2O6S. The number of nitro benzene ring substituents is 2. The minimum Gasteiger partial charge on any atom is -0.258 e. The average Bonchev–Trinajstić information content (AvgIpc) is 2.24. The zero-order valence-electron chi connectivity index (χ0n) is 8.92. The molecule has 1 aromatic carbocycles. The first-order chi connectivity index (χ1) is 8.87. The highest BCUT2D eigenvalue weighted by Gasteiger charge is 2.48. The van der Waals surface area contributed by atoms with Gasteiger partial charge >= 0.3 is 16.4 Å². The molecule has 0 unspecified atom stereocenters. The van der Waals surface area contributed by atoms with E-state index in [4.69, 9.17) is 0 Å². The van der Waals surface area contributed by atoms with Crippen molar-refractivity contribution >= 4 is 21.6 Å². The van der Waals surface area contributed by atoms with Crippen molar-refractivity contribution in [3.05, 3.63) is 37.9 Å². The van der Waals surface area contributed by atoms with Crippen LogP contribution in [0.5, 0.6) is 0 Å². The van der Waals surface area contributed by atoms with Crippen LogP contribution < -0.4 is 0 Å². The Morgan fingerprint density at radius 1 is 1.00 bits per heavy atom. The van der Waals surface area contributed by atoms with Gasteiger partial charge in [-0.3, -0.25) is 20.2 Å². The smallest absolute Gasteiger partial charge is 0.258 e. The Kier molecular flexibility index (Phi) is 3.67. The third kappa shape index (κ3) is 2.81. The van der Waals surface area contributed by atoms with Crippen molar-refractivity contribution in [2.75, 3.05) is 0 Å². The summed E-state index contributed by atoms with van der Waals surface area (Å²) in [5, 5.41) is 20.9. The number of benzene rings is 1. The summed E-state index contributed by atoms with van der Waals surface area (Å²) in [6.07, 6.45) is -5.68. The first-order valence-corrected chi connectivity index (χ1v) is 5.73. The van der Waals surface area contributed by atoms with Crippen molar-refractivity contribution in [3.8, 4) is 0 Å². The summed E-state index contributed by atoms with van der Waals surface area (Å²) in [6.45, 7) is 0. The lowest BCUT2D eigenvalue weighted by Gasteiger charge is -2.10. The van der Waals surface area contributed by atoms with E-state index in [-0.39, 0.29) is 12.1 Å². The Morgan fingerprint density at radius 3 is 1.70 bits per heavy atom. The number of rotatable bonds is 3. The SMILES string of the molecule is O=[N+]([O-])c1ccc([N+](=O)[O-])c(S(=O)(=O)F)c1C(F)(F)F. The average molecular weight is 318 g/mol. The van der Waals surface area contributed by atoms with E-state index in [0.717, 1.165) is 0 Å². The molecule has 1 aromatic rings. The molecule has 0 aromatic heterocycles. The molecule has 0 aliphatic heterocycles. The van der Waals surface area contributed by atoms with E-state index in [2.05, 4.69) is 0 Å². The van der Waals surface area contributed by atoms with Crippen LogP contribution in [0.25, 0.3) is 0 Å². The van der Waals surface area contributed by atoms with Crippen LogP contribution in [0, 0.1) is 20.2 Å². The summed E-state index contributed by atoms with van der Waals surface area (Å²) in [5.41, 5.74) is -6.08. The van der Waals surface area contributed by atoms with Gasteiger partial charge in [0, 0.05) is 12.1 Å². The fourth-order valence-corrected chi connectivity index (χ4v) is 2.23. The maximum absolute atomic E-state index is 12.9. The van der Waals surface area contributed by atoms with Crippen LogP contribution in [0.2, 0.25) is 0 Å². The van der Waals surface area contributed by atoms with Crippen LogP contribution in [0.3, 0.4) is 0 Å². The number of halogens is 4. The molecule has 0 bridgehead atoms. The zero-order valence-corrected chi connectivity index (χ0v) is 9.74. The highest BCUT2D eigenvalue weighted by Crippen LogP contribution is 2.44. The molecule has 13 heteroatoms. The van der Waals surface area contributed by atoms with Gasteiger partial charge < -0.3 is 0 Å². The summed E-state index contributed by atoms with van der Waals surface area (Å²) >= 11 is 0. The van der Waals surface area contributed by atoms with Crippen LogP contribution in [0.4, 0.5) is 28.4 Å². The van der Waals surface area contributed by atoms with Crippen LogP contribution in [0.1, 0.15) is 5.56 Å². The Bertz CT molecular complexity index is 698. The normalized spacial score (nSPS) is 12.2. The minimum atomic E-state index is -6.21. The topological polar surface area (TPSA) is 120 Å². The Morgan fingerprint density at radius 2 is 1.40 bits per heavy atom. The van der Waals surface area contributed by atoms with Crippen LogP contribution in [-0.4, -0.2) is 18.3 Å². The second kappa shape index (κ2) is 4.66. The van der Waals surface area contributed by atoms with E-state index in [9.17, 15) is 45.7 Å². The summed E-state index contributed by atoms with van der Waals surface area (Å²) in [7, 11) is -6.21. The number of nitro groups is 2. The quantitative estimate of drug-likeness (QED) is 0.364. The summed E-state index contributed by atoms with van der Waals surface area (Å²) in [4.78, 5) is 15.3. The predicted octanol–water partition coefficient (Wildman–Crippen LogP) is 2.18. The van der Waals surface area contributed by atoms with Gasteiger partial charge in [0.15, 0.2) is 10.5 Å². The lowest BCUT2D eigenvalue weighted by molar-refractivity contribution is -0.394. The molecule has 0 saturated heterocycles. The number of hydrogen-bond donors (Lipinski definition) is 0. The fraction of sp³-hybridized carbons (Fsp3) is 0.143. The number of nitrogens with zero attached hydrogens (tertiary/aromatic N) is 2. The maximum Gasteiger partial charge on any atom is 0.424 e. The summed E-state index contributed by atoms with van der Waals surface area (Å²) in [5.74, 6) is 0. The molecule has 0 radical (unpaired) electrons. The van der Waals surface area contributed by atoms with Crippen LogP contribution in [0.15, 0.2) is 17.0 Å². The van der Waals surface area contributed by atoms with Gasteiger partial charge in [0.1, 0.15) is 0 Å². The Balaban J connectivity index is 4.05. The van der Waals surface area contributed by atoms with Crippen molar-refractivity contribution in [1.82, 2.24) is 0 Å².